The molecule has 4 nitrogen and oxygen atoms in total. The molecule has 0 aliphatic carbocycles. The predicted molar refractivity (Wildman–Crippen MR) is 79.2 cm³/mol. The van der Waals surface area contributed by atoms with Crippen molar-refractivity contribution in [3.05, 3.63) is 47.8 Å². The quantitative estimate of drug-likeness (QED) is 0.802. The number of nitrogens with zero attached hydrogens (tertiary/aromatic N) is 1. The summed E-state index contributed by atoms with van der Waals surface area (Å²) in [7, 11) is 0. The zero-order valence-electron chi connectivity index (χ0n) is 12.6. The van der Waals surface area contributed by atoms with E-state index in [4.69, 9.17) is 8.83 Å². The van der Waals surface area contributed by atoms with Crippen LogP contribution in [-0.2, 0) is 19.6 Å². The van der Waals surface area contributed by atoms with Crippen LogP contribution in [0.25, 0.3) is 0 Å². The van der Waals surface area contributed by atoms with Crippen molar-refractivity contribution in [3.8, 4) is 0 Å². The maximum atomic E-state index is 5.85. The van der Waals surface area contributed by atoms with Crippen LogP contribution in [0.1, 0.15) is 38.1 Å². The number of nitrogens with one attached hydrogen (secondary N) is 1. The Morgan fingerprint density at radius 3 is 2.50 bits per heavy atom. The fourth-order valence-electron chi connectivity index (χ4n) is 2.03. The van der Waals surface area contributed by atoms with Crippen LogP contribution in [0.2, 0.25) is 0 Å². The van der Waals surface area contributed by atoms with E-state index in [0.29, 0.717) is 6.04 Å². The Kier molecular flexibility index (Phi) is 5.44. The molecule has 0 saturated heterocycles. The summed E-state index contributed by atoms with van der Waals surface area (Å²) in [6.07, 6.45) is 1.71. The summed E-state index contributed by atoms with van der Waals surface area (Å²) in [4.78, 5) is 2.29. The molecule has 4 heteroatoms. The van der Waals surface area contributed by atoms with Gasteiger partial charge in [0, 0.05) is 6.04 Å². The lowest BCUT2D eigenvalue weighted by molar-refractivity contribution is 0.226. The van der Waals surface area contributed by atoms with Gasteiger partial charge in [0.25, 0.3) is 0 Å². The molecule has 0 unspecified atom stereocenters. The number of hydrogen-bond donors (Lipinski definition) is 1. The van der Waals surface area contributed by atoms with Crippen LogP contribution >= 0.6 is 0 Å². The van der Waals surface area contributed by atoms with Crippen LogP contribution in [0.5, 0.6) is 0 Å². The Bertz CT molecular complexity index is 488. The zero-order chi connectivity index (χ0) is 14.4. The van der Waals surface area contributed by atoms with Gasteiger partial charge in [-0.1, -0.05) is 20.8 Å². The fraction of sp³-hybridized carbons (Fsp3) is 0.500. The minimum absolute atomic E-state index is 0.467. The molecule has 0 radical (unpaired) electrons. The maximum absolute atomic E-state index is 5.85. The molecule has 0 aliphatic rings. The van der Waals surface area contributed by atoms with Gasteiger partial charge in [0.15, 0.2) is 0 Å². The first-order chi connectivity index (χ1) is 9.67. The van der Waals surface area contributed by atoms with E-state index in [-0.39, 0.29) is 0 Å². The third-order valence-corrected chi connectivity index (χ3v) is 3.19. The SMILES string of the molecule is CCN(Cc1ccco1)Cc1ccc(CNC(C)C)o1. The summed E-state index contributed by atoms with van der Waals surface area (Å²) < 4.78 is 11.2. The molecule has 2 aromatic rings. The summed E-state index contributed by atoms with van der Waals surface area (Å²) >= 11 is 0. The first-order valence-electron chi connectivity index (χ1n) is 7.23. The molecule has 0 aromatic carbocycles. The lowest BCUT2D eigenvalue weighted by Crippen LogP contribution is -2.22. The largest absolute Gasteiger partial charge is 0.468 e. The van der Waals surface area contributed by atoms with Gasteiger partial charge in [-0.25, -0.2) is 0 Å². The highest BCUT2D eigenvalue weighted by Gasteiger charge is 2.10. The van der Waals surface area contributed by atoms with Gasteiger partial charge < -0.3 is 14.2 Å². The third kappa shape index (κ3) is 4.54. The number of rotatable bonds is 8. The molecule has 0 spiro atoms. The molecule has 0 aliphatic heterocycles. The van der Waals surface area contributed by atoms with E-state index in [1.807, 2.05) is 18.2 Å². The number of hydrogen-bond acceptors (Lipinski definition) is 4. The lowest BCUT2D eigenvalue weighted by atomic mass is 10.3. The highest BCUT2D eigenvalue weighted by molar-refractivity contribution is 5.07. The van der Waals surface area contributed by atoms with Crippen molar-refractivity contribution in [1.29, 1.82) is 0 Å². The van der Waals surface area contributed by atoms with E-state index in [1.54, 1.807) is 6.26 Å². The van der Waals surface area contributed by atoms with Crippen molar-refractivity contribution in [3.63, 3.8) is 0 Å². The van der Waals surface area contributed by atoms with Crippen molar-refractivity contribution in [2.45, 2.75) is 46.4 Å². The van der Waals surface area contributed by atoms with Crippen LogP contribution in [0.4, 0.5) is 0 Å². The third-order valence-electron chi connectivity index (χ3n) is 3.19. The molecular formula is C16H24N2O2. The van der Waals surface area contributed by atoms with E-state index in [2.05, 4.69) is 37.1 Å². The van der Waals surface area contributed by atoms with E-state index in [1.165, 1.54) is 0 Å². The van der Waals surface area contributed by atoms with Crippen molar-refractivity contribution in [1.82, 2.24) is 10.2 Å². The molecule has 20 heavy (non-hydrogen) atoms. The second-order valence-electron chi connectivity index (χ2n) is 5.29. The molecule has 0 fully saturated rings. The first-order valence-corrected chi connectivity index (χ1v) is 7.23. The van der Waals surface area contributed by atoms with Gasteiger partial charge in [-0.2, -0.15) is 0 Å². The lowest BCUT2D eigenvalue weighted by Gasteiger charge is -2.17. The molecule has 0 atom stereocenters. The molecule has 110 valence electrons. The summed E-state index contributed by atoms with van der Waals surface area (Å²) in [5.74, 6) is 2.97. The van der Waals surface area contributed by atoms with Gasteiger partial charge in [0.05, 0.1) is 25.9 Å². The van der Waals surface area contributed by atoms with Gasteiger partial charge >= 0.3 is 0 Å². The van der Waals surface area contributed by atoms with Gasteiger partial charge in [-0.15, -0.1) is 0 Å². The zero-order valence-corrected chi connectivity index (χ0v) is 12.6. The molecule has 0 bridgehead atoms. The van der Waals surface area contributed by atoms with Gasteiger partial charge in [-0.3, -0.25) is 4.90 Å². The Morgan fingerprint density at radius 2 is 1.85 bits per heavy atom. The van der Waals surface area contributed by atoms with E-state index in [0.717, 1.165) is 43.5 Å². The summed E-state index contributed by atoms with van der Waals surface area (Å²) in [5.41, 5.74) is 0. The average molecular weight is 276 g/mol. The smallest absolute Gasteiger partial charge is 0.118 e. The van der Waals surface area contributed by atoms with Crippen molar-refractivity contribution in [2.24, 2.45) is 0 Å². The van der Waals surface area contributed by atoms with Crippen LogP contribution in [0, 0.1) is 0 Å². The summed E-state index contributed by atoms with van der Waals surface area (Å²) in [6, 6.07) is 8.50. The van der Waals surface area contributed by atoms with Crippen molar-refractivity contribution < 1.29 is 8.83 Å². The van der Waals surface area contributed by atoms with Crippen molar-refractivity contribution >= 4 is 0 Å². The Balaban J connectivity index is 1.87. The second kappa shape index (κ2) is 7.31. The highest BCUT2D eigenvalue weighted by Crippen LogP contribution is 2.13. The standard InChI is InChI=1S/C16H24N2O2/c1-4-18(11-15-6-5-9-19-15)12-16-8-7-14(20-16)10-17-13(2)3/h5-9,13,17H,4,10-12H2,1-3H3. The molecule has 2 heterocycles. The second-order valence-corrected chi connectivity index (χ2v) is 5.29. The molecular weight excluding hydrogens is 252 g/mol. The van der Waals surface area contributed by atoms with Crippen LogP contribution in [-0.4, -0.2) is 17.5 Å². The molecule has 2 aromatic heterocycles. The number of furan rings is 2. The topological polar surface area (TPSA) is 41.6 Å². The molecule has 0 amide bonds. The van der Waals surface area contributed by atoms with Gasteiger partial charge in [0.1, 0.15) is 17.3 Å². The fourth-order valence-corrected chi connectivity index (χ4v) is 2.03. The molecule has 2 rings (SSSR count). The van der Waals surface area contributed by atoms with Gasteiger partial charge in [-0.05, 0) is 30.8 Å². The van der Waals surface area contributed by atoms with Crippen LogP contribution in [0.3, 0.4) is 0 Å². The molecule has 1 N–H and O–H groups in total. The minimum Gasteiger partial charge on any atom is -0.468 e. The minimum atomic E-state index is 0.467. The monoisotopic (exact) mass is 276 g/mol. The predicted octanol–water partition coefficient (Wildman–Crippen LogP) is 3.39. The molecule has 0 saturated carbocycles. The highest BCUT2D eigenvalue weighted by atomic mass is 16.3. The van der Waals surface area contributed by atoms with Gasteiger partial charge in [0.2, 0.25) is 0 Å². The van der Waals surface area contributed by atoms with Crippen LogP contribution in [0.15, 0.2) is 39.4 Å². The summed E-state index contributed by atoms with van der Waals surface area (Å²) in [5, 5.41) is 3.36. The van der Waals surface area contributed by atoms with Crippen molar-refractivity contribution in [2.75, 3.05) is 6.54 Å². The Labute approximate surface area is 120 Å². The first kappa shape index (κ1) is 14.9. The van der Waals surface area contributed by atoms with Crippen LogP contribution < -0.4 is 5.32 Å². The van der Waals surface area contributed by atoms with E-state index >= 15 is 0 Å². The van der Waals surface area contributed by atoms with E-state index < -0.39 is 0 Å². The van der Waals surface area contributed by atoms with E-state index in [9.17, 15) is 0 Å². The Morgan fingerprint density at radius 1 is 1.10 bits per heavy atom. The Hall–Kier alpha value is -1.52. The summed E-state index contributed by atoms with van der Waals surface area (Å²) in [6.45, 7) is 9.76. The maximum Gasteiger partial charge on any atom is 0.118 e. The average Bonchev–Trinajstić information content (AvgIpc) is 3.07. The normalized spacial score (nSPS) is 11.7.